The maximum absolute atomic E-state index is 12.3. The molecule has 0 aliphatic heterocycles. The molecular weight excluding hydrogens is 324 g/mol. The summed E-state index contributed by atoms with van der Waals surface area (Å²) in [5.41, 5.74) is 2.42. The van der Waals surface area contributed by atoms with Crippen molar-refractivity contribution in [1.29, 1.82) is 0 Å². The van der Waals surface area contributed by atoms with Gasteiger partial charge in [0.25, 0.3) is 5.91 Å². The number of ether oxygens (including phenoxy) is 1. The van der Waals surface area contributed by atoms with E-state index in [0.717, 1.165) is 17.2 Å². The van der Waals surface area contributed by atoms with Crippen molar-refractivity contribution in [2.24, 2.45) is 0 Å². The number of anilines is 1. The van der Waals surface area contributed by atoms with E-state index >= 15 is 0 Å². The molecule has 7 heteroatoms. The van der Waals surface area contributed by atoms with Crippen LogP contribution in [0.15, 0.2) is 36.4 Å². The Morgan fingerprint density at radius 3 is 2.56 bits per heavy atom. The fourth-order valence-corrected chi connectivity index (χ4v) is 2.28. The van der Waals surface area contributed by atoms with Gasteiger partial charge in [-0.1, -0.05) is 17.7 Å². The van der Waals surface area contributed by atoms with Gasteiger partial charge in [0.2, 0.25) is 0 Å². The molecule has 2 rings (SSSR count). The molecule has 1 amide bonds. The van der Waals surface area contributed by atoms with Gasteiger partial charge in [0, 0.05) is 17.3 Å². The van der Waals surface area contributed by atoms with Gasteiger partial charge in [-0.15, -0.1) is 0 Å². The van der Waals surface area contributed by atoms with Crippen LogP contribution in [-0.2, 0) is 4.79 Å². The molecule has 0 saturated heterocycles. The monoisotopic (exact) mass is 342 g/mol. The van der Waals surface area contributed by atoms with Crippen LogP contribution in [0.5, 0.6) is 5.75 Å². The lowest BCUT2D eigenvalue weighted by Gasteiger charge is -2.16. The van der Waals surface area contributed by atoms with Gasteiger partial charge in [-0.2, -0.15) is 0 Å². The van der Waals surface area contributed by atoms with Crippen molar-refractivity contribution in [3.05, 3.63) is 63.2 Å². The van der Waals surface area contributed by atoms with Gasteiger partial charge in [-0.05, 0) is 44.5 Å². The van der Waals surface area contributed by atoms with Crippen molar-refractivity contribution in [2.75, 3.05) is 5.32 Å². The van der Waals surface area contributed by atoms with Gasteiger partial charge in [0.15, 0.2) is 11.9 Å². The predicted molar refractivity (Wildman–Crippen MR) is 93.1 cm³/mol. The summed E-state index contributed by atoms with van der Waals surface area (Å²) < 4.78 is 5.43. The third-order valence-electron chi connectivity index (χ3n) is 3.63. The minimum absolute atomic E-state index is 0.0705. The Balaban J connectivity index is 2.16. The van der Waals surface area contributed by atoms with Crippen molar-refractivity contribution in [1.82, 2.24) is 0 Å². The average Bonchev–Trinajstić information content (AvgIpc) is 2.57. The number of nitrogens with one attached hydrogen (secondary N) is 1. The summed E-state index contributed by atoms with van der Waals surface area (Å²) in [6.07, 6.45) is -0.450. The normalized spacial score (nSPS) is 11.5. The van der Waals surface area contributed by atoms with Gasteiger partial charge < -0.3 is 10.1 Å². The molecule has 2 aromatic carbocycles. The van der Waals surface area contributed by atoms with E-state index in [1.165, 1.54) is 19.1 Å². The first kappa shape index (κ1) is 18.1. The fourth-order valence-electron chi connectivity index (χ4n) is 2.28. The average molecular weight is 342 g/mol. The number of amides is 1. The molecule has 7 nitrogen and oxygen atoms in total. The maximum Gasteiger partial charge on any atom is 0.311 e. The van der Waals surface area contributed by atoms with Gasteiger partial charge in [0.05, 0.1) is 4.92 Å². The van der Waals surface area contributed by atoms with Crippen LogP contribution in [0, 0.1) is 24.0 Å². The SMILES string of the molecule is Cc1ccc(NC(=O)[C@H](C)Oc2ccc(C=O)cc2[N+](=O)[O-])c(C)c1. The Morgan fingerprint density at radius 2 is 1.96 bits per heavy atom. The van der Waals surface area contributed by atoms with Crippen molar-refractivity contribution in [2.45, 2.75) is 26.9 Å². The molecule has 0 unspecified atom stereocenters. The van der Waals surface area contributed by atoms with Crippen LogP contribution in [0.25, 0.3) is 0 Å². The van der Waals surface area contributed by atoms with Crippen LogP contribution in [0.4, 0.5) is 11.4 Å². The zero-order chi connectivity index (χ0) is 18.6. The highest BCUT2D eigenvalue weighted by Crippen LogP contribution is 2.28. The Bertz CT molecular complexity index is 832. The van der Waals surface area contributed by atoms with E-state index in [0.29, 0.717) is 12.0 Å². The standard InChI is InChI=1S/C18H18N2O5/c1-11-4-6-15(12(2)8-11)19-18(22)13(3)25-17-7-5-14(10-21)9-16(17)20(23)24/h4-10,13H,1-3H3,(H,19,22)/t13-/m0/s1. The molecule has 0 saturated carbocycles. The fraction of sp³-hybridized carbons (Fsp3) is 0.222. The van der Waals surface area contributed by atoms with Crippen molar-refractivity contribution in [3.63, 3.8) is 0 Å². The molecule has 0 heterocycles. The highest BCUT2D eigenvalue weighted by molar-refractivity contribution is 5.94. The molecular formula is C18H18N2O5. The van der Waals surface area contributed by atoms with Crippen LogP contribution in [0.2, 0.25) is 0 Å². The van der Waals surface area contributed by atoms with Crippen LogP contribution in [0.1, 0.15) is 28.4 Å². The van der Waals surface area contributed by atoms with Gasteiger partial charge in [-0.25, -0.2) is 0 Å². The Morgan fingerprint density at radius 1 is 1.24 bits per heavy atom. The van der Waals surface area contributed by atoms with Crippen molar-refractivity contribution >= 4 is 23.6 Å². The minimum atomic E-state index is -0.957. The number of hydrogen-bond acceptors (Lipinski definition) is 5. The topological polar surface area (TPSA) is 98.5 Å². The summed E-state index contributed by atoms with van der Waals surface area (Å²) in [6, 6.07) is 9.40. The van der Waals surface area contributed by atoms with E-state index in [4.69, 9.17) is 4.74 Å². The van der Waals surface area contributed by atoms with Gasteiger partial charge >= 0.3 is 5.69 Å². The van der Waals surface area contributed by atoms with Crippen LogP contribution in [-0.4, -0.2) is 23.2 Å². The molecule has 1 N–H and O–H groups in total. The number of nitro benzene ring substituents is 1. The Labute approximate surface area is 144 Å². The van der Waals surface area contributed by atoms with E-state index in [2.05, 4.69) is 5.32 Å². The van der Waals surface area contributed by atoms with Gasteiger partial charge in [0.1, 0.15) is 6.29 Å². The van der Waals surface area contributed by atoms with Crippen molar-refractivity contribution < 1.29 is 19.2 Å². The second-order valence-electron chi connectivity index (χ2n) is 5.67. The summed E-state index contributed by atoms with van der Waals surface area (Å²) in [6.45, 7) is 5.32. The quantitative estimate of drug-likeness (QED) is 0.492. The van der Waals surface area contributed by atoms with E-state index in [9.17, 15) is 19.7 Å². The second-order valence-corrected chi connectivity index (χ2v) is 5.67. The number of benzene rings is 2. The number of carbonyl (C=O) groups is 2. The highest BCUT2D eigenvalue weighted by atomic mass is 16.6. The van der Waals surface area contributed by atoms with Crippen LogP contribution < -0.4 is 10.1 Å². The van der Waals surface area contributed by atoms with Crippen LogP contribution >= 0.6 is 0 Å². The number of aldehydes is 1. The van der Waals surface area contributed by atoms with Crippen molar-refractivity contribution in [3.8, 4) is 5.75 Å². The zero-order valence-corrected chi connectivity index (χ0v) is 14.1. The second kappa shape index (κ2) is 7.57. The Hall–Kier alpha value is -3.22. The highest BCUT2D eigenvalue weighted by Gasteiger charge is 2.22. The Kier molecular flexibility index (Phi) is 5.49. The summed E-state index contributed by atoms with van der Waals surface area (Å²) in [4.78, 5) is 33.5. The molecule has 0 bridgehead atoms. The summed E-state index contributed by atoms with van der Waals surface area (Å²) in [5.74, 6) is -0.500. The molecule has 0 aliphatic rings. The molecule has 0 aliphatic carbocycles. The summed E-state index contributed by atoms with van der Waals surface area (Å²) in [7, 11) is 0. The number of hydrogen-bond donors (Lipinski definition) is 1. The molecule has 130 valence electrons. The maximum atomic E-state index is 12.3. The first-order chi connectivity index (χ1) is 11.8. The zero-order valence-electron chi connectivity index (χ0n) is 14.1. The first-order valence-electron chi connectivity index (χ1n) is 7.60. The lowest BCUT2D eigenvalue weighted by Crippen LogP contribution is -2.30. The largest absolute Gasteiger partial charge is 0.474 e. The lowest BCUT2D eigenvalue weighted by molar-refractivity contribution is -0.386. The molecule has 0 spiro atoms. The van der Waals surface area contributed by atoms with Crippen LogP contribution in [0.3, 0.4) is 0 Å². The van der Waals surface area contributed by atoms with E-state index in [-0.39, 0.29) is 17.0 Å². The smallest absolute Gasteiger partial charge is 0.311 e. The molecule has 0 radical (unpaired) electrons. The summed E-state index contributed by atoms with van der Waals surface area (Å²) >= 11 is 0. The molecule has 0 aromatic heterocycles. The molecule has 2 aromatic rings. The first-order valence-corrected chi connectivity index (χ1v) is 7.60. The third kappa shape index (κ3) is 4.41. The predicted octanol–water partition coefficient (Wildman–Crippen LogP) is 3.43. The minimum Gasteiger partial charge on any atom is -0.474 e. The third-order valence-corrected chi connectivity index (χ3v) is 3.63. The molecule has 1 atom stereocenters. The number of nitro groups is 1. The number of nitrogens with zero attached hydrogens (tertiary/aromatic N) is 1. The summed E-state index contributed by atoms with van der Waals surface area (Å²) in [5, 5.41) is 13.9. The molecule has 0 fully saturated rings. The number of aryl methyl sites for hydroxylation is 2. The molecule has 25 heavy (non-hydrogen) atoms. The number of carbonyl (C=O) groups excluding carboxylic acids is 2. The van der Waals surface area contributed by atoms with E-state index in [1.807, 2.05) is 26.0 Å². The lowest BCUT2D eigenvalue weighted by atomic mass is 10.1. The van der Waals surface area contributed by atoms with Gasteiger partial charge in [-0.3, -0.25) is 19.7 Å². The van der Waals surface area contributed by atoms with E-state index < -0.39 is 16.9 Å². The number of rotatable bonds is 6. The van der Waals surface area contributed by atoms with E-state index in [1.54, 1.807) is 6.07 Å².